The Morgan fingerprint density at radius 1 is 1.09 bits per heavy atom. The fourth-order valence-electron chi connectivity index (χ4n) is 3.01. The zero-order valence-electron chi connectivity index (χ0n) is 18.1. The highest BCUT2D eigenvalue weighted by Gasteiger charge is 2.17. The lowest BCUT2D eigenvalue weighted by atomic mass is 10.2. The SMILES string of the molecule is COc1ccc(-c2nnc(SCC(=O)NN=Cc3ccc(O)cc3)n2-c2ccc(Cl)cc2)cc1. The summed E-state index contributed by atoms with van der Waals surface area (Å²) >= 11 is 7.31. The second-order valence-corrected chi connectivity index (χ2v) is 8.40. The lowest BCUT2D eigenvalue weighted by Crippen LogP contribution is -2.20. The fraction of sp³-hybridized carbons (Fsp3) is 0.0833. The van der Waals surface area contributed by atoms with Gasteiger partial charge in [0.2, 0.25) is 0 Å². The number of hydrogen-bond donors (Lipinski definition) is 2. The number of nitrogens with zero attached hydrogens (tertiary/aromatic N) is 4. The Morgan fingerprint density at radius 2 is 1.79 bits per heavy atom. The predicted molar refractivity (Wildman–Crippen MR) is 133 cm³/mol. The lowest BCUT2D eigenvalue weighted by Gasteiger charge is -2.11. The molecule has 172 valence electrons. The summed E-state index contributed by atoms with van der Waals surface area (Å²) in [5.41, 5.74) is 4.90. The number of methoxy groups -OCH3 is 1. The minimum atomic E-state index is -0.295. The maximum atomic E-state index is 12.3. The minimum absolute atomic E-state index is 0.0846. The molecular weight excluding hydrogens is 474 g/mol. The molecule has 0 fully saturated rings. The topological polar surface area (TPSA) is 102 Å². The molecule has 0 aliphatic carbocycles. The maximum Gasteiger partial charge on any atom is 0.250 e. The third-order valence-corrected chi connectivity index (χ3v) is 5.88. The molecule has 3 aromatic carbocycles. The first-order valence-electron chi connectivity index (χ1n) is 10.1. The van der Waals surface area contributed by atoms with Gasteiger partial charge >= 0.3 is 0 Å². The van der Waals surface area contributed by atoms with E-state index in [0.29, 0.717) is 16.0 Å². The summed E-state index contributed by atoms with van der Waals surface area (Å²) in [5, 5.41) is 23.1. The number of phenolic OH excluding ortho intramolecular Hbond substituents is 1. The Balaban J connectivity index is 1.51. The third-order valence-electron chi connectivity index (χ3n) is 4.69. The van der Waals surface area contributed by atoms with Gasteiger partial charge in [-0.2, -0.15) is 5.10 Å². The number of phenols is 1. The molecule has 4 rings (SSSR count). The van der Waals surface area contributed by atoms with Crippen molar-refractivity contribution in [2.45, 2.75) is 5.16 Å². The molecule has 34 heavy (non-hydrogen) atoms. The van der Waals surface area contributed by atoms with Crippen LogP contribution in [0.3, 0.4) is 0 Å². The molecule has 1 amide bonds. The highest BCUT2D eigenvalue weighted by Crippen LogP contribution is 2.29. The van der Waals surface area contributed by atoms with Gasteiger partial charge in [-0.15, -0.1) is 10.2 Å². The third kappa shape index (κ3) is 5.75. The van der Waals surface area contributed by atoms with Crippen LogP contribution in [0.25, 0.3) is 17.1 Å². The normalized spacial score (nSPS) is 11.0. The van der Waals surface area contributed by atoms with E-state index >= 15 is 0 Å². The number of carbonyl (C=O) groups excluding carboxylic acids is 1. The van der Waals surface area contributed by atoms with E-state index in [1.807, 2.05) is 41.0 Å². The molecule has 0 spiro atoms. The van der Waals surface area contributed by atoms with E-state index in [1.54, 1.807) is 43.5 Å². The molecule has 0 bridgehead atoms. The molecule has 4 aromatic rings. The van der Waals surface area contributed by atoms with Gasteiger partial charge in [-0.05, 0) is 78.4 Å². The molecule has 8 nitrogen and oxygen atoms in total. The average Bonchev–Trinajstić information content (AvgIpc) is 3.28. The number of hydrogen-bond acceptors (Lipinski definition) is 7. The Labute approximate surface area is 205 Å². The van der Waals surface area contributed by atoms with Gasteiger partial charge in [-0.3, -0.25) is 9.36 Å². The van der Waals surface area contributed by atoms with Crippen LogP contribution in [-0.2, 0) is 4.79 Å². The standard InChI is InChI=1S/C24H20ClN5O3S/c1-33-21-12-4-17(5-13-21)23-28-29-24(30(23)19-8-6-18(25)7-9-19)34-15-22(32)27-26-14-16-2-10-20(31)11-3-16/h2-14,31H,15H2,1H3,(H,27,32). The Morgan fingerprint density at radius 3 is 2.47 bits per heavy atom. The summed E-state index contributed by atoms with van der Waals surface area (Å²) in [4.78, 5) is 12.3. The smallest absolute Gasteiger partial charge is 0.250 e. The van der Waals surface area contributed by atoms with Crippen LogP contribution in [0.15, 0.2) is 83.1 Å². The summed E-state index contributed by atoms with van der Waals surface area (Å²) in [6, 6.07) is 21.3. The molecule has 2 N–H and O–H groups in total. The quantitative estimate of drug-likeness (QED) is 0.212. The van der Waals surface area contributed by atoms with Crippen LogP contribution < -0.4 is 10.2 Å². The van der Waals surface area contributed by atoms with E-state index in [-0.39, 0.29) is 17.4 Å². The van der Waals surface area contributed by atoms with Crippen LogP contribution in [0.1, 0.15) is 5.56 Å². The Kier molecular flexibility index (Phi) is 7.46. The number of carbonyl (C=O) groups is 1. The molecule has 10 heteroatoms. The number of ether oxygens (including phenoxy) is 1. The second kappa shape index (κ2) is 10.9. The van der Waals surface area contributed by atoms with Crippen molar-refractivity contribution in [3.63, 3.8) is 0 Å². The number of amides is 1. The zero-order chi connectivity index (χ0) is 23.9. The molecule has 0 radical (unpaired) electrons. The van der Waals surface area contributed by atoms with Crippen LogP contribution in [0.2, 0.25) is 5.02 Å². The van der Waals surface area contributed by atoms with Crippen molar-refractivity contribution < 1.29 is 14.6 Å². The molecule has 1 aromatic heterocycles. The minimum Gasteiger partial charge on any atom is -0.508 e. The number of rotatable bonds is 8. The van der Waals surface area contributed by atoms with Crippen molar-refractivity contribution in [1.82, 2.24) is 20.2 Å². The van der Waals surface area contributed by atoms with E-state index < -0.39 is 0 Å². The van der Waals surface area contributed by atoms with Crippen molar-refractivity contribution in [1.29, 1.82) is 0 Å². The number of benzene rings is 3. The van der Waals surface area contributed by atoms with Crippen molar-refractivity contribution in [3.8, 4) is 28.6 Å². The van der Waals surface area contributed by atoms with Gasteiger partial charge in [0.1, 0.15) is 11.5 Å². The van der Waals surface area contributed by atoms with Gasteiger partial charge in [0.05, 0.1) is 19.1 Å². The molecule has 0 aliphatic heterocycles. The molecule has 0 atom stereocenters. The van der Waals surface area contributed by atoms with Crippen molar-refractivity contribution >= 4 is 35.5 Å². The molecule has 1 heterocycles. The van der Waals surface area contributed by atoms with Crippen molar-refractivity contribution in [2.24, 2.45) is 5.10 Å². The lowest BCUT2D eigenvalue weighted by molar-refractivity contribution is -0.118. The van der Waals surface area contributed by atoms with Gasteiger partial charge < -0.3 is 9.84 Å². The van der Waals surface area contributed by atoms with Crippen LogP contribution in [0.4, 0.5) is 0 Å². The Bertz CT molecular complexity index is 1290. The summed E-state index contributed by atoms with van der Waals surface area (Å²) in [7, 11) is 1.61. The molecule has 0 unspecified atom stereocenters. The first-order chi connectivity index (χ1) is 16.5. The van der Waals surface area contributed by atoms with Crippen molar-refractivity contribution in [3.05, 3.63) is 83.4 Å². The highest BCUT2D eigenvalue weighted by molar-refractivity contribution is 7.99. The van der Waals surface area contributed by atoms with E-state index in [1.165, 1.54) is 18.0 Å². The first-order valence-corrected chi connectivity index (χ1v) is 11.5. The number of nitrogens with one attached hydrogen (secondary N) is 1. The maximum absolute atomic E-state index is 12.3. The van der Waals surface area contributed by atoms with Gasteiger partial charge in [-0.1, -0.05) is 23.4 Å². The van der Waals surface area contributed by atoms with E-state index in [4.69, 9.17) is 16.3 Å². The van der Waals surface area contributed by atoms with Crippen LogP contribution >= 0.6 is 23.4 Å². The van der Waals surface area contributed by atoms with Gasteiger partial charge in [-0.25, -0.2) is 5.43 Å². The van der Waals surface area contributed by atoms with E-state index in [0.717, 1.165) is 22.6 Å². The summed E-state index contributed by atoms with van der Waals surface area (Å²) in [6.45, 7) is 0. The van der Waals surface area contributed by atoms with Crippen molar-refractivity contribution in [2.75, 3.05) is 12.9 Å². The number of thioether (sulfide) groups is 1. The average molecular weight is 494 g/mol. The zero-order valence-corrected chi connectivity index (χ0v) is 19.6. The largest absolute Gasteiger partial charge is 0.508 e. The van der Waals surface area contributed by atoms with Gasteiger partial charge in [0.25, 0.3) is 5.91 Å². The Hall–Kier alpha value is -3.82. The summed E-state index contributed by atoms with van der Waals surface area (Å²) in [5.74, 6) is 1.31. The van der Waals surface area contributed by atoms with Crippen LogP contribution in [0, 0.1) is 0 Å². The fourth-order valence-corrected chi connectivity index (χ4v) is 3.89. The molecule has 0 aliphatic rings. The summed E-state index contributed by atoms with van der Waals surface area (Å²) < 4.78 is 7.11. The number of hydrazone groups is 1. The first kappa shape index (κ1) is 23.3. The molecular formula is C24H20ClN5O3S. The predicted octanol–water partition coefficient (Wildman–Crippen LogP) is 4.54. The summed E-state index contributed by atoms with van der Waals surface area (Å²) in [6.07, 6.45) is 1.50. The highest BCUT2D eigenvalue weighted by atomic mass is 35.5. The van der Waals surface area contributed by atoms with Gasteiger partial charge in [0, 0.05) is 16.3 Å². The number of aromatic hydroxyl groups is 1. The monoisotopic (exact) mass is 493 g/mol. The molecule has 0 saturated heterocycles. The van der Waals surface area contributed by atoms with Gasteiger partial charge in [0.15, 0.2) is 11.0 Å². The van der Waals surface area contributed by atoms with E-state index in [9.17, 15) is 9.90 Å². The van der Waals surface area contributed by atoms with Crippen LogP contribution in [-0.4, -0.2) is 44.9 Å². The second-order valence-electron chi connectivity index (χ2n) is 7.02. The number of aromatic nitrogens is 3. The number of halogens is 1. The molecule has 0 saturated carbocycles. The van der Waals surface area contributed by atoms with E-state index in [2.05, 4.69) is 20.7 Å². The van der Waals surface area contributed by atoms with Crippen LogP contribution in [0.5, 0.6) is 11.5 Å².